The predicted molar refractivity (Wildman–Crippen MR) is 72.2 cm³/mol. The average molecular weight is 277 g/mol. The van der Waals surface area contributed by atoms with E-state index in [0.29, 0.717) is 5.52 Å². The Hall–Kier alpha value is -2.37. The van der Waals surface area contributed by atoms with Gasteiger partial charge in [0.05, 0.1) is 18.2 Å². The zero-order valence-corrected chi connectivity index (χ0v) is 11.7. The third-order valence-electron chi connectivity index (χ3n) is 3.05. The van der Waals surface area contributed by atoms with Crippen molar-refractivity contribution in [2.24, 2.45) is 0 Å². The molecule has 0 saturated carbocycles. The van der Waals surface area contributed by atoms with Crippen LogP contribution in [0.15, 0.2) is 21.3 Å². The fourth-order valence-electron chi connectivity index (χ4n) is 2.14. The summed E-state index contributed by atoms with van der Waals surface area (Å²) in [5.41, 5.74) is 1.05. The lowest BCUT2D eigenvalue weighted by Gasteiger charge is -2.08. The van der Waals surface area contributed by atoms with Crippen LogP contribution in [-0.2, 0) is 4.74 Å². The number of ether oxygens (including phenoxy) is 1. The van der Waals surface area contributed by atoms with Gasteiger partial charge < -0.3 is 9.15 Å². The number of oxazole rings is 1. The monoisotopic (exact) mass is 277 g/mol. The van der Waals surface area contributed by atoms with E-state index in [9.17, 15) is 14.4 Å². The SMILES string of the molecule is COC(=O)c1cc2c(cc1C(C)=O)oc(=O)n2C(C)C. The Labute approximate surface area is 114 Å². The van der Waals surface area contributed by atoms with E-state index in [-0.39, 0.29) is 28.5 Å². The molecule has 0 atom stereocenters. The van der Waals surface area contributed by atoms with E-state index in [1.807, 2.05) is 13.8 Å². The Kier molecular flexibility index (Phi) is 3.48. The predicted octanol–water partition coefficient (Wildman–Crippen LogP) is 2.16. The first-order valence-electron chi connectivity index (χ1n) is 6.15. The Balaban J connectivity index is 2.86. The molecule has 0 amide bonds. The van der Waals surface area contributed by atoms with Gasteiger partial charge in [0.15, 0.2) is 11.4 Å². The van der Waals surface area contributed by atoms with Gasteiger partial charge in [-0.05, 0) is 32.9 Å². The molecule has 2 aromatic rings. The second kappa shape index (κ2) is 4.96. The molecule has 0 radical (unpaired) electrons. The molecule has 6 nitrogen and oxygen atoms in total. The van der Waals surface area contributed by atoms with Gasteiger partial charge in [-0.2, -0.15) is 0 Å². The van der Waals surface area contributed by atoms with Gasteiger partial charge in [0.25, 0.3) is 0 Å². The normalized spacial score (nSPS) is 11.1. The van der Waals surface area contributed by atoms with Gasteiger partial charge >= 0.3 is 11.7 Å². The molecule has 0 unspecified atom stereocenters. The Morgan fingerprint density at radius 1 is 1.25 bits per heavy atom. The zero-order valence-electron chi connectivity index (χ0n) is 11.7. The van der Waals surface area contributed by atoms with Crippen molar-refractivity contribution in [1.82, 2.24) is 4.57 Å². The van der Waals surface area contributed by atoms with E-state index in [1.54, 1.807) is 0 Å². The Morgan fingerprint density at radius 3 is 2.40 bits per heavy atom. The number of hydrogen-bond acceptors (Lipinski definition) is 5. The van der Waals surface area contributed by atoms with E-state index in [0.717, 1.165) is 0 Å². The highest BCUT2D eigenvalue weighted by Gasteiger charge is 2.21. The number of esters is 1. The maximum atomic E-state index is 11.8. The van der Waals surface area contributed by atoms with Gasteiger partial charge in [-0.3, -0.25) is 9.36 Å². The van der Waals surface area contributed by atoms with Crippen LogP contribution in [0.5, 0.6) is 0 Å². The number of aromatic nitrogens is 1. The van der Waals surface area contributed by atoms with Crippen LogP contribution in [0.2, 0.25) is 0 Å². The van der Waals surface area contributed by atoms with E-state index in [2.05, 4.69) is 4.74 Å². The molecule has 1 aromatic carbocycles. The summed E-state index contributed by atoms with van der Waals surface area (Å²) < 4.78 is 11.2. The smallest absolute Gasteiger partial charge is 0.420 e. The number of methoxy groups -OCH3 is 1. The largest absolute Gasteiger partial charge is 0.465 e. The van der Waals surface area contributed by atoms with Crippen molar-refractivity contribution in [3.63, 3.8) is 0 Å². The highest BCUT2D eigenvalue weighted by Crippen LogP contribution is 2.23. The molecular formula is C14H15NO5. The summed E-state index contributed by atoms with van der Waals surface area (Å²) in [6.07, 6.45) is 0. The van der Waals surface area contributed by atoms with Crippen LogP contribution in [0.4, 0.5) is 0 Å². The van der Waals surface area contributed by atoms with Gasteiger partial charge in [-0.25, -0.2) is 9.59 Å². The second-order valence-corrected chi connectivity index (χ2v) is 4.75. The number of Topliss-reactive ketones (excluding diaryl/α,β-unsaturated/α-hetero) is 1. The maximum Gasteiger partial charge on any atom is 0.420 e. The van der Waals surface area contributed by atoms with Crippen LogP contribution < -0.4 is 5.76 Å². The molecule has 0 aliphatic carbocycles. The molecule has 1 heterocycles. The fraction of sp³-hybridized carbons (Fsp3) is 0.357. The molecule has 0 bridgehead atoms. The molecule has 2 rings (SSSR count). The number of carbonyl (C=O) groups is 2. The first kappa shape index (κ1) is 14.0. The number of carbonyl (C=O) groups excluding carboxylic acids is 2. The minimum absolute atomic E-state index is 0.127. The van der Waals surface area contributed by atoms with Crippen molar-refractivity contribution in [3.8, 4) is 0 Å². The summed E-state index contributed by atoms with van der Waals surface area (Å²) in [5, 5.41) is 0. The first-order valence-corrected chi connectivity index (χ1v) is 6.15. The van der Waals surface area contributed by atoms with Gasteiger partial charge in [-0.15, -0.1) is 0 Å². The number of rotatable bonds is 3. The third-order valence-corrected chi connectivity index (χ3v) is 3.05. The molecule has 0 fully saturated rings. The van der Waals surface area contributed by atoms with Gasteiger partial charge in [0.1, 0.15) is 0 Å². The standard InChI is InChI=1S/C14H15NO5/c1-7(2)15-11-5-10(13(17)19-4)9(8(3)16)6-12(11)20-14(15)18/h5-7H,1-4H3. The third kappa shape index (κ3) is 2.13. The van der Waals surface area contributed by atoms with Crippen LogP contribution in [0, 0.1) is 0 Å². The van der Waals surface area contributed by atoms with Crippen molar-refractivity contribution < 1.29 is 18.7 Å². The minimum atomic E-state index is -0.624. The van der Waals surface area contributed by atoms with Crippen molar-refractivity contribution in [2.75, 3.05) is 7.11 Å². The lowest BCUT2D eigenvalue weighted by atomic mass is 10.0. The van der Waals surface area contributed by atoms with E-state index in [1.165, 1.54) is 30.7 Å². The second-order valence-electron chi connectivity index (χ2n) is 4.75. The van der Waals surface area contributed by atoms with Crippen LogP contribution >= 0.6 is 0 Å². The lowest BCUT2D eigenvalue weighted by Crippen LogP contribution is -2.16. The Bertz CT molecular complexity index is 751. The molecule has 0 saturated heterocycles. The molecule has 106 valence electrons. The summed E-state index contributed by atoms with van der Waals surface area (Å²) in [5.74, 6) is -1.44. The molecule has 0 N–H and O–H groups in total. The molecular weight excluding hydrogens is 262 g/mol. The topological polar surface area (TPSA) is 78.5 Å². The van der Waals surface area contributed by atoms with Crippen LogP contribution in [0.1, 0.15) is 47.5 Å². The van der Waals surface area contributed by atoms with Crippen molar-refractivity contribution in [2.45, 2.75) is 26.8 Å². The summed E-state index contributed by atoms with van der Waals surface area (Å²) in [6, 6.07) is 2.74. The number of nitrogens with zero attached hydrogens (tertiary/aromatic N) is 1. The number of fused-ring (bicyclic) bond motifs is 1. The Morgan fingerprint density at radius 2 is 1.90 bits per heavy atom. The fourth-order valence-corrected chi connectivity index (χ4v) is 2.14. The summed E-state index contributed by atoms with van der Waals surface area (Å²) >= 11 is 0. The van der Waals surface area contributed by atoms with Gasteiger partial charge in [-0.1, -0.05) is 0 Å². The van der Waals surface area contributed by atoms with E-state index >= 15 is 0 Å². The number of hydrogen-bond donors (Lipinski definition) is 0. The summed E-state index contributed by atoms with van der Waals surface area (Å²) in [4.78, 5) is 35.2. The maximum absolute atomic E-state index is 11.8. The highest BCUT2D eigenvalue weighted by atomic mass is 16.5. The van der Waals surface area contributed by atoms with Crippen molar-refractivity contribution >= 4 is 22.9 Å². The highest BCUT2D eigenvalue weighted by molar-refractivity contribution is 6.08. The van der Waals surface area contributed by atoms with Gasteiger partial charge in [0.2, 0.25) is 0 Å². The molecule has 0 aliphatic heterocycles. The van der Waals surface area contributed by atoms with Crippen LogP contribution in [0.25, 0.3) is 11.1 Å². The minimum Gasteiger partial charge on any atom is -0.465 e. The van der Waals surface area contributed by atoms with E-state index < -0.39 is 11.7 Å². The van der Waals surface area contributed by atoms with Gasteiger partial charge in [0, 0.05) is 11.6 Å². The average Bonchev–Trinajstić information content (AvgIpc) is 2.71. The van der Waals surface area contributed by atoms with Crippen LogP contribution in [0.3, 0.4) is 0 Å². The molecule has 0 spiro atoms. The molecule has 20 heavy (non-hydrogen) atoms. The van der Waals surface area contributed by atoms with Crippen molar-refractivity contribution in [1.29, 1.82) is 0 Å². The molecule has 6 heteroatoms. The first-order chi connectivity index (χ1) is 9.36. The molecule has 1 aromatic heterocycles. The quantitative estimate of drug-likeness (QED) is 0.634. The lowest BCUT2D eigenvalue weighted by molar-refractivity contribution is 0.0597. The number of benzene rings is 1. The zero-order chi connectivity index (χ0) is 15.0. The number of ketones is 1. The summed E-state index contributed by atoms with van der Waals surface area (Å²) in [6.45, 7) is 4.99. The van der Waals surface area contributed by atoms with Crippen LogP contribution in [-0.4, -0.2) is 23.4 Å². The molecule has 0 aliphatic rings. The van der Waals surface area contributed by atoms with Crippen molar-refractivity contribution in [3.05, 3.63) is 33.8 Å². The summed E-state index contributed by atoms with van der Waals surface area (Å²) in [7, 11) is 1.24. The van der Waals surface area contributed by atoms with E-state index in [4.69, 9.17) is 4.42 Å².